The van der Waals surface area contributed by atoms with Crippen LogP contribution in [0.25, 0.3) is 10.9 Å². The maximum atomic E-state index is 5.37. The van der Waals surface area contributed by atoms with Gasteiger partial charge >= 0.3 is 5.95 Å². The Kier molecular flexibility index (Phi) is 2.19. The summed E-state index contributed by atoms with van der Waals surface area (Å²) >= 11 is 0. The zero-order chi connectivity index (χ0) is 12.7. The predicted octanol–water partition coefficient (Wildman–Crippen LogP) is -1.35. The predicted molar refractivity (Wildman–Crippen MR) is 64.4 cm³/mol. The van der Waals surface area contributed by atoms with Gasteiger partial charge in [0.2, 0.25) is 6.79 Å². The van der Waals surface area contributed by atoms with Gasteiger partial charge in [0.05, 0.1) is 5.69 Å². The molecule has 18 heavy (non-hydrogen) atoms. The standard InChI is InChI=1S/C11H11N5O2/c1-5-6-2-8-9(18-4-17-8)3-7(6)15-11(14-5)16-10(12)13/h2-3H,4H2,1H3,(H4,12,13,14,15,16)/p+1. The summed E-state index contributed by atoms with van der Waals surface area (Å²) in [4.78, 5) is 11.3. The number of hydrogen-bond acceptors (Lipinski definition) is 4. The fourth-order valence-corrected chi connectivity index (χ4v) is 1.86. The van der Waals surface area contributed by atoms with Crippen molar-refractivity contribution in [3.05, 3.63) is 17.8 Å². The first kappa shape index (κ1) is 10.6. The van der Waals surface area contributed by atoms with Crippen LogP contribution in [0.3, 0.4) is 0 Å². The number of hydrogen-bond donors (Lipinski definition) is 3. The molecule has 0 aliphatic carbocycles. The van der Waals surface area contributed by atoms with Crippen molar-refractivity contribution in [1.29, 1.82) is 0 Å². The van der Waals surface area contributed by atoms with E-state index in [2.05, 4.69) is 15.0 Å². The molecule has 1 aromatic carbocycles. The van der Waals surface area contributed by atoms with Crippen LogP contribution in [-0.4, -0.2) is 22.7 Å². The highest BCUT2D eigenvalue weighted by atomic mass is 16.7. The fourth-order valence-electron chi connectivity index (χ4n) is 1.86. The number of ether oxygens (including phenoxy) is 2. The lowest BCUT2D eigenvalue weighted by molar-refractivity contribution is -0.366. The van der Waals surface area contributed by atoms with Crippen molar-refractivity contribution in [2.75, 3.05) is 6.79 Å². The third-order valence-corrected chi connectivity index (χ3v) is 2.64. The molecule has 0 saturated carbocycles. The Hall–Kier alpha value is -2.57. The molecule has 92 valence electrons. The van der Waals surface area contributed by atoms with Gasteiger partial charge in [-0.1, -0.05) is 0 Å². The lowest BCUT2D eigenvalue weighted by Gasteiger charge is -2.01. The maximum absolute atomic E-state index is 5.37. The van der Waals surface area contributed by atoms with Gasteiger partial charge in [0.15, 0.2) is 11.5 Å². The molecular weight excluding hydrogens is 234 g/mol. The molecule has 0 amide bonds. The average molecular weight is 246 g/mol. The normalized spacial score (nSPS) is 12.7. The smallest absolute Gasteiger partial charge is 0.354 e. The summed E-state index contributed by atoms with van der Waals surface area (Å²) in [5.41, 5.74) is 12.3. The number of nitrogens with one attached hydrogen (secondary N) is 1. The molecule has 0 radical (unpaired) electrons. The van der Waals surface area contributed by atoms with Crippen LogP contribution in [0, 0.1) is 6.92 Å². The highest BCUT2D eigenvalue weighted by Crippen LogP contribution is 2.36. The molecule has 0 saturated heterocycles. The van der Waals surface area contributed by atoms with Crippen LogP contribution < -0.4 is 25.9 Å². The summed E-state index contributed by atoms with van der Waals surface area (Å²) < 4.78 is 10.6. The van der Waals surface area contributed by atoms with Crippen molar-refractivity contribution in [3.63, 3.8) is 0 Å². The van der Waals surface area contributed by atoms with Crippen LogP contribution in [0.2, 0.25) is 0 Å². The topological polar surface area (TPSA) is 110 Å². The van der Waals surface area contributed by atoms with E-state index >= 15 is 0 Å². The van der Waals surface area contributed by atoms with Gasteiger partial charge in [-0.2, -0.15) is 0 Å². The van der Waals surface area contributed by atoms with E-state index in [0.29, 0.717) is 17.4 Å². The molecule has 1 aliphatic heterocycles. The number of guanidine groups is 1. The van der Waals surface area contributed by atoms with E-state index in [4.69, 9.17) is 20.9 Å². The molecule has 0 fully saturated rings. The van der Waals surface area contributed by atoms with Gasteiger partial charge in [-0.15, -0.1) is 9.97 Å². The lowest BCUT2D eigenvalue weighted by atomic mass is 10.2. The summed E-state index contributed by atoms with van der Waals surface area (Å²) in [5, 5.41) is 0.903. The van der Waals surface area contributed by atoms with E-state index < -0.39 is 0 Å². The van der Waals surface area contributed by atoms with Gasteiger partial charge in [0.1, 0.15) is 5.52 Å². The van der Waals surface area contributed by atoms with Crippen molar-refractivity contribution in [3.8, 4) is 11.5 Å². The summed E-state index contributed by atoms with van der Waals surface area (Å²) in [5.74, 6) is 1.80. The van der Waals surface area contributed by atoms with Gasteiger partial charge < -0.3 is 20.9 Å². The molecule has 7 nitrogen and oxygen atoms in total. The number of rotatable bonds is 1. The average Bonchev–Trinajstić information content (AvgIpc) is 2.72. The Bertz CT molecular complexity index is 664. The van der Waals surface area contributed by atoms with Crippen LogP contribution >= 0.6 is 0 Å². The number of nitrogens with zero attached hydrogens (tertiary/aromatic N) is 2. The SMILES string of the molecule is Cc1nc([NH+]=C(N)N)nc2cc3c(cc12)OCO3. The first-order chi connectivity index (χ1) is 8.63. The van der Waals surface area contributed by atoms with Crippen LogP contribution in [0.5, 0.6) is 11.5 Å². The fraction of sp³-hybridized carbons (Fsp3) is 0.182. The van der Waals surface area contributed by atoms with Gasteiger partial charge in [0.25, 0.3) is 5.96 Å². The Balaban J connectivity index is 2.24. The molecular formula is C11H12N5O2+. The van der Waals surface area contributed by atoms with E-state index in [-0.39, 0.29) is 12.8 Å². The van der Waals surface area contributed by atoms with Gasteiger partial charge in [-0.05, 0) is 13.0 Å². The molecule has 0 atom stereocenters. The minimum Gasteiger partial charge on any atom is -0.454 e. The Morgan fingerprint density at radius 3 is 2.67 bits per heavy atom. The second-order valence-electron chi connectivity index (χ2n) is 3.94. The third kappa shape index (κ3) is 1.65. The Morgan fingerprint density at radius 2 is 1.94 bits per heavy atom. The van der Waals surface area contributed by atoms with Gasteiger partial charge in [-0.25, -0.2) is 4.99 Å². The van der Waals surface area contributed by atoms with E-state index in [1.807, 2.05) is 19.1 Å². The second-order valence-corrected chi connectivity index (χ2v) is 3.94. The summed E-state index contributed by atoms with van der Waals surface area (Å²) in [6, 6.07) is 3.68. The highest BCUT2D eigenvalue weighted by Gasteiger charge is 2.18. The molecule has 0 unspecified atom stereocenters. The van der Waals surface area contributed by atoms with Gasteiger partial charge in [0, 0.05) is 11.5 Å². The minimum atomic E-state index is 0.0505. The van der Waals surface area contributed by atoms with Crippen LogP contribution in [0.4, 0.5) is 5.95 Å². The molecule has 0 spiro atoms. The molecule has 0 bridgehead atoms. The monoisotopic (exact) mass is 246 g/mol. The van der Waals surface area contributed by atoms with Crippen LogP contribution in [0.1, 0.15) is 5.69 Å². The largest absolute Gasteiger partial charge is 0.454 e. The molecule has 1 aliphatic rings. The van der Waals surface area contributed by atoms with E-state index in [0.717, 1.165) is 16.6 Å². The van der Waals surface area contributed by atoms with E-state index in [1.165, 1.54) is 0 Å². The zero-order valence-corrected chi connectivity index (χ0v) is 9.73. The summed E-state index contributed by atoms with van der Waals surface area (Å²) in [7, 11) is 0. The van der Waals surface area contributed by atoms with E-state index in [1.54, 1.807) is 0 Å². The maximum Gasteiger partial charge on any atom is 0.354 e. The number of aromatic nitrogens is 2. The summed E-state index contributed by atoms with van der Waals surface area (Å²) in [6.45, 7) is 2.11. The number of benzene rings is 1. The first-order valence-corrected chi connectivity index (χ1v) is 5.36. The molecule has 2 heterocycles. The Morgan fingerprint density at radius 1 is 1.22 bits per heavy atom. The molecule has 5 N–H and O–H groups in total. The van der Waals surface area contributed by atoms with Gasteiger partial charge in [-0.3, -0.25) is 0 Å². The lowest BCUT2D eigenvalue weighted by Crippen LogP contribution is -2.73. The molecule has 7 heteroatoms. The third-order valence-electron chi connectivity index (χ3n) is 2.64. The van der Waals surface area contributed by atoms with Crippen molar-refractivity contribution in [1.82, 2.24) is 9.97 Å². The number of nitrogens with two attached hydrogens (primary N) is 2. The van der Waals surface area contributed by atoms with Crippen molar-refractivity contribution in [2.24, 2.45) is 11.5 Å². The number of aryl methyl sites for hydroxylation is 1. The molecule has 2 aromatic rings. The second kappa shape index (κ2) is 3.73. The molecule has 3 rings (SSSR count). The van der Waals surface area contributed by atoms with Crippen molar-refractivity contribution in [2.45, 2.75) is 6.92 Å². The Labute approximate surface area is 102 Å². The van der Waals surface area contributed by atoms with E-state index in [9.17, 15) is 0 Å². The minimum absolute atomic E-state index is 0.0505. The van der Waals surface area contributed by atoms with Crippen molar-refractivity contribution < 1.29 is 14.5 Å². The first-order valence-electron chi connectivity index (χ1n) is 5.36. The van der Waals surface area contributed by atoms with Crippen LogP contribution in [0.15, 0.2) is 12.1 Å². The zero-order valence-electron chi connectivity index (χ0n) is 9.73. The van der Waals surface area contributed by atoms with Crippen LogP contribution in [-0.2, 0) is 0 Å². The quantitative estimate of drug-likeness (QED) is 0.424. The highest BCUT2D eigenvalue weighted by molar-refractivity contribution is 5.85. The summed E-state index contributed by atoms with van der Waals surface area (Å²) in [6.07, 6.45) is 0. The van der Waals surface area contributed by atoms with Crippen molar-refractivity contribution >= 4 is 22.8 Å². The molecule has 1 aromatic heterocycles. The number of fused-ring (bicyclic) bond motifs is 2.